The van der Waals surface area contributed by atoms with Crippen molar-refractivity contribution in [3.63, 3.8) is 0 Å². The molecule has 0 saturated heterocycles. The maximum atomic E-state index is 11.4. The van der Waals surface area contributed by atoms with E-state index in [9.17, 15) is 4.79 Å². The van der Waals surface area contributed by atoms with Crippen LogP contribution in [0.4, 0.5) is 0 Å². The number of halogens is 1. The Balaban J connectivity index is 2.27. The standard InChI is InChI=1S/C15H15BrN2OS/c1-4-13(19)17-9(2)14-10(3)18-15(20-14)11-5-7-12(16)8-6-11/h4-9H,1H2,2-3H3,(H,17,19). The van der Waals surface area contributed by atoms with Gasteiger partial charge in [-0.05, 0) is 32.1 Å². The van der Waals surface area contributed by atoms with Gasteiger partial charge in [-0.15, -0.1) is 11.3 Å². The fourth-order valence-corrected chi connectivity index (χ4v) is 3.20. The van der Waals surface area contributed by atoms with E-state index in [0.717, 1.165) is 25.6 Å². The molecule has 0 aliphatic carbocycles. The molecule has 5 heteroatoms. The maximum Gasteiger partial charge on any atom is 0.243 e. The molecule has 0 aliphatic heterocycles. The molecule has 2 aromatic rings. The number of hydrogen-bond acceptors (Lipinski definition) is 3. The molecule has 0 radical (unpaired) electrons. The molecule has 0 saturated carbocycles. The van der Waals surface area contributed by atoms with Crippen LogP contribution in [0.1, 0.15) is 23.5 Å². The summed E-state index contributed by atoms with van der Waals surface area (Å²) in [4.78, 5) is 17.0. The van der Waals surface area contributed by atoms with E-state index >= 15 is 0 Å². The summed E-state index contributed by atoms with van der Waals surface area (Å²) in [6.07, 6.45) is 1.28. The first-order valence-corrected chi connectivity index (χ1v) is 7.78. The van der Waals surface area contributed by atoms with Gasteiger partial charge in [-0.2, -0.15) is 0 Å². The largest absolute Gasteiger partial charge is 0.345 e. The molecule has 3 nitrogen and oxygen atoms in total. The number of aryl methyl sites for hydroxylation is 1. The van der Waals surface area contributed by atoms with Gasteiger partial charge in [0.25, 0.3) is 0 Å². The second-order valence-corrected chi connectivity index (χ2v) is 6.36. The lowest BCUT2D eigenvalue weighted by molar-refractivity contribution is -0.117. The van der Waals surface area contributed by atoms with Crippen molar-refractivity contribution in [1.82, 2.24) is 10.3 Å². The third-order valence-corrected chi connectivity index (χ3v) is 4.78. The molecule has 0 spiro atoms. The Morgan fingerprint density at radius 1 is 1.45 bits per heavy atom. The van der Waals surface area contributed by atoms with Gasteiger partial charge in [0.1, 0.15) is 5.01 Å². The Hall–Kier alpha value is -1.46. The van der Waals surface area contributed by atoms with Crippen LogP contribution in [-0.2, 0) is 4.79 Å². The molecule has 1 N–H and O–H groups in total. The second kappa shape index (κ2) is 6.33. The highest BCUT2D eigenvalue weighted by molar-refractivity contribution is 9.10. The van der Waals surface area contributed by atoms with E-state index in [1.807, 2.05) is 38.1 Å². The minimum atomic E-state index is -0.171. The lowest BCUT2D eigenvalue weighted by Crippen LogP contribution is -2.24. The van der Waals surface area contributed by atoms with Crippen molar-refractivity contribution >= 4 is 33.2 Å². The summed E-state index contributed by atoms with van der Waals surface area (Å²) >= 11 is 5.03. The molecule has 0 fully saturated rings. The van der Waals surface area contributed by atoms with Crippen molar-refractivity contribution in [2.24, 2.45) is 0 Å². The number of rotatable bonds is 4. The van der Waals surface area contributed by atoms with Crippen molar-refractivity contribution < 1.29 is 4.79 Å². The average molecular weight is 351 g/mol. The Morgan fingerprint density at radius 2 is 2.10 bits per heavy atom. The van der Waals surface area contributed by atoms with Gasteiger partial charge in [-0.3, -0.25) is 4.79 Å². The number of thiazole rings is 1. The van der Waals surface area contributed by atoms with Crippen LogP contribution in [0.15, 0.2) is 41.4 Å². The zero-order chi connectivity index (χ0) is 14.7. The van der Waals surface area contributed by atoms with E-state index in [4.69, 9.17) is 0 Å². The summed E-state index contributed by atoms with van der Waals surface area (Å²) in [7, 11) is 0. The third-order valence-electron chi connectivity index (χ3n) is 2.86. The Kier molecular flexibility index (Phi) is 4.73. The first-order chi connectivity index (χ1) is 9.51. The summed E-state index contributed by atoms with van der Waals surface area (Å²) < 4.78 is 1.04. The third kappa shape index (κ3) is 3.35. The molecule has 1 unspecified atom stereocenters. The summed E-state index contributed by atoms with van der Waals surface area (Å²) in [5, 5.41) is 3.83. The van der Waals surface area contributed by atoms with Gasteiger partial charge in [-0.25, -0.2) is 4.98 Å². The summed E-state index contributed by atoms with van der Waals surface area (Å²) in [5.74, 6) is -0.171. The minimum Gasteiger partial charge on any atom is -0.345 e. The molecule has 1 aromatic heterocycles. The molecule has 104 valence electrons. The number of benzene rings is 1. The van der Waals surface area contributed by atoms with E-state index in [1.54, 1.807) is 11.3 Å². The van der Waals surface area contributed by atoms with Crippen molar-refractivity contribution in [2.45, 2.75) is 19.9 Å². The van der Waals surface area contributed by atoms with Crippen LogP contribution >= 0.6 is 27.3 Å². The van der Waals surface area contributed by atoms with Crippen molar-refractivity contribution in [3.8, 4) is 10.6 Å². The first kappa shape index (κ1) is 14.9. The van der Waals surface area contributed by atoms with Crippen molar-refractivity contribution in [1.29, 1.82) is 0 Å². The number of nitrogens with one attached hydrogen (secondary N) is 1. The van der Waals surface area contributed by atoms with Gasteiger partial charge in [0, 0.05) is 10.0 Å². The summed E-state index contributed by atoms with van der Waals surface area (Å²) in [5.41, 5.74) is 2.03. The quantitative estimate of drug-likeness (QED) is 0.837. The van der Waals surface area contributed by atoms with Crippen LogP contribution < -0.4 is 5.32 Å². The predicted molar refractivity (Wildman–Crippen MR) is 86.7 cm³/mol. The summed E-state index contributed by atoms with van der Waals surface area (Å²) in [6, 6.07) is 7.98. The molecule has 2 rings (SSSR count). The molecule has 1 atom stereocenters. The Morgan fingerprint density at radius 3 is 2.70 bits per heavy atom. The van der Waals surface area contributed by atoms with E-state index in [2.05, 4.69) is 32.8 Å². The van der Waals surface area contributed by atoms with Crippen LogP contribution in [-0.4, -0.2) is 10.9 Å². The van der Waals surface area contributed by atoms with Crippen molar-refractivity contribution in [2.75, 3.05) is 0 Å². The lowest BCUT2D eigenvalue weighted by Gasteiger charge is -2.10. The Bertz CT molecular complexity index is 634. The highest BCUT2D eigenvalue weighted by atomic mass is 79.9. The van der Waals surface area contributed by atoms with Crippen LogP contribution in [0.2, 0.25) is 0 Å². The molecular formula is C15H15BrN2OS. The maximum absolute atomic E-state index is 11.4. The molecule has 20 heavy (non-hydrogen) atoms. The zero-order valence-corrected chi connectivity index (χ0v) is 13.7. The van der Waals surface area contributed by atoms with E-state index < -0.39 is 0 Å². The van der Waals surface area contributed by atoms with Gasteiger partial charge in [0.05, 0.1) is 16.6 Å². The van der Waals surface area contributed by atoms with Crippen LogP contribution in [0, 0.1) is 6.92 Å². The minimum absolute atomic E-state index is 0.0674. The highest BCUT2D eigenvalue weighted by Crippen LogP contribution is 2.32. The first-order valence-electron chi connectivity index (χ1n) is 6.17. The van der Waals surface area contributed by atoms with E-state index in [0.29, 0.717) is 0 Å². The number of nitrogens with zero attached hydrogens (tertiary/aromatic N) is 1. The second-order valence-electron chi connectivity index (χ2n) is 4.41. The monoisotopic (exact) mass is 350 g/mol. The number of amides is 1. The van der Waals surface area contributed by atoms with Gasteiger partial charge < -0.3 is 5.32 Å². The SMILES string of the molecule is C=CC(=O)NC(C)c1sc(-c2ccc(Br)cc2)nc1C. The number of hydrogen-bond donors (Lipinski definition) is 1. The van der Waals surface area contributed by atoms with E-state index in [-0.39, 0.29) is 11.9 Å². The normalized spacial score (nSPS) is 11.9. The molecule has 1 amide bonds. The summed E-state index contributed by atoms with van der Waals surface area (Å²) in [6.45, 7) is 7.38. The van der Waals surface area contributed by atoms with Crippen molar-refractivity contribution in [3.05, 3.63) is 52.0 Å². The fourth-order valence-electron chi connectivity index (χ4n) is 1.86. The van der Waals surface area contributed by atoms with Crippen LogP contribution in [0.5, 0.6) is 0 Å². The number of carbonyl (C=O) groups is 1. The van der Waals surface area contributed by atoms with Gasteiger partial charge in [0.15, 0.2) is 0 Å². The predicted octanol–water partition coefficient (Wildman–Crippen LogP) is 4.24. The number of aromatic nitrogens is 1. The fraction of sp³-hybridized carbons (Fsp3) is 0.200. The molecular weight excluding hydrogens is 336 g/mol. The zero-order valence-electron chi connectivity index (χ0n) is 11.3. The van der Waals surface area contributed by atoms with Gasteiger partial charge in [0.2, 0.25) is 5.91 Å². The molecule has 1 heterocycles. The lowest BCUT2D eigenvalue weighted by atomic mass is 10.2. The van der Waals surface area contributed by atoms with Gasteiger partial charge in [-0.1, -0.05) is 34.6 Å². The smallest absolute Gasteiger partial charge is 0.243 e. The average Bonchev–Trinajstić information content (AvgIpc) is 2.81. The molecule has 0 bridgehead atoms. The van der Waals surface area contributed by atoms with Crippen LogP contribution in [0.25, 0.3) is 10.6 Å². The van der Waals surface area contributed by atoms with E-state index in [1.165, 1.54) is 6.08 Å². The molecule has 1 aromatic carbocycles. The highest BCUT2D eigenvalue weighted by Gasteiger charge is 2.16. The Labute approximate surface area is 130 Å². The topological polar surface area (TPSA) is 42.0 Å². The number of carbonyl (C=O) groups excluding carboxylic acids is 1. The molecule has 0 aliphatic rings. The van der Waals surface area contributed by atoms with Gasteiger partial charge >= 0.3 is 0 Å². The van der Waals surface area contributed by atoms with Crippen LogP contribution in [0.3, 0.4) is 0 Å².